The lowest BCUT2D eigenvalue weighted by Crippen LogP contribution is -2.23. The molecule has 0 radical (unpaired) electrons. The van der Waals surface area contributed by atoms with E-state index in [1.54, 1.807) is 6.92 Å². The van der Waals surface area contributed by atoms with Gasteiger partial charge >= 0.3 is 0 Å². The average Bonchev–Trinajstić information content (AvgIpc) is 2.83. The number of para-hydroxylation sites is 2. The number of aliphatic hydroxyl groups is 1. The van der Waals surface area contributed by atoms with Crippen molar-refractivity contribution in [2.24, 2.45) is 0 Å². The van der Waals surface area contributed by atoms with E-state index >= 15 is 0 Å². The second kappa shape index (κ2) is 4.21. The lowest BCUT2D eigenvalue weighted by molar-refractivity contribution is 0.0727. The number of oxazole rings is 1. The van der Waals surface area contributed by atoms with Gasteiger partial charge < -0.3 is 9.52 Å². The van der Waals surface area contributed by atoms with Gasteiger partial charge in [-0.3, -0.25) is 0 Å². The molecule has 0 aliphatic rings. The van der Waals surface area contributed by atoms with E-state index in [-0.39, 0.29) is 0 Å². The Morgan fingerprint density at radius 1 is 1.05 bits per heavy atom. The van der Waals surface area contributed by atoms with Gasteiger partial charge in [-0.05, 0) is 31.5 Å². The number of fused-ring (bicyclic) bond motifs is 1. The molecule has 0 unspecified atom stereocenters. The molecule has 0 fully saturated rings. The Labute approximate surface area is 111 Å². The number of hydrogen-bond donors (Lipinski definition) is 1. The predicted octanol–water partition coefficient (Wildman–Crippen LogP) is 3.39. The van der Waals surface area contributed by atoms with Gasteiger partial charge in [0, 0.05) is 0 Å². The molecule has 2 aromatic carbocycles. The molecule has 0 spiro atoms. The Hall–Kier alpha value is -2.13. The van der Waals surface area contributed by atoms with Crippen LogP contribution in [0.2, 0.25) is 0 Å². The third-order valence-electron chi connectivity index (χ3n) is 3.32. The third kappa shape index (κ3) is 2.02. The molecule has 0 saturated carbocycles. The summed E-state index contributed by atoms with van der Waals surface area (Å²) >= 11 is 0. The Balaban J connectivity index is 2.10. The Bertz CT molecular complexity index is 678. The highest BCUT2D eigenvalue weighted by Crippen LogP contribution is 2.30. The molecule has 1 N–H and O–H groups in total. The van der Waals surface area contributed by atoms with Gasteiger partial charge in [0.15, 0.2) is 11.2 Å². The van der Waals surface area contributed by atoms with Crippen LogP contribution in [0.15, 0.2) is 52.9 Å². The number of hydrogen-bond acceptors (Lipinski definition) is 3. The predicted molar refractivity (Wildman–Crippen MR) is 73.9 cm³/mol. The van der Waals surface area contributed by atoms with Crippen molar-refractivity contribution in [3.05, 3.63) is 65.5 Å². The van der Waals surface area contributed by atoms with Crippen LogP contribution in [0, 0.1) is 6.92 Å². The molecule has 1 atom stereocenters. The van der Waals surface area contributed by atoms with Gasteiger partial charge in [0.1, 0.15) is 5.52 Å². The van der Waals surface area contributed by atoms with E-state index in [9.17, 15) is 5.11 Å². The maximum atomic E-state index is 10.7. The van der Waals surface area contributed by atoms with Crippen molar-refractivity contribution in [1.29, 1.82) is 0 Å². The molecule has 0 saturated heterocycles. The smallest absolute Gasteiger partial charge is 0.231 e. The molecule has 1 aromatic heterocycles. The molecule has 3 aromatic rings. The van der Waals surface area contributed by atoms with Crippen molar-refractivity contribution in [3.63, 3.8) is 0 Å². The summed E-state index contributed by atoms with van der Waals surface area (Å²) in [6, 6.07) is 15.2. The molecule has 0 amide bonds. The van der Waals surface area contributed by atoms with Crippen LogP contribution in [0.3, 0.4) is 0 Å². The van der Waals surface area contributed by atoms with E-state index in [2.05, 4.69) is 4.98 Å². The van der Waals surface area contributed by atoms with Crippen molar-refractivity contribution < 1.29 is 9.52 Å². The minimum Gasteiger partial charge on any atom is -0.437 e. The molecule has 0 bridgehead atoms. The van der Waals surface area contributed by atoms with E-state index < -0.39 is 5.60 Å². The van der Waals surface area contributed by atoms with Crippen LogP contribution in [0.1, 0.15) is 23.9 Å². The van der Waals surface area contributed by atoms with Gasteiger partial charge in [-0.1, -0.05) is 42.0 Å². The van der Waals surface area contributed by atoms with Crippen molar-refractivity contribution >= 4 is 11.1 Å². The fourth-order valence-electron chi connectivity index (χ4n) is 2.08. The first-order chi connectivity index (χ1) is 9.07. The minimum atomic E-state index is -1.23. The fourth-order valence-corrected chi connectivity index (χ4v) is 2.08. The van der Waals surface area contributed by atoms with E-state index in [1.165, 1.54) is 0 Å². The van der Waals surface area contributed by atoms with Crippen LogP contribution in [0.4, 0.5) is 0 Å². The van der Waals surface area contributed by atoms with Crippen LogP contribution in [0.25, 0.3) is 11.1 Å². The zero-order valence-corrected chi connectivity index (χ0v) is 10.9. The SMILES string of the molecule is Cc1ccc([C@@](C)(O)c2nc3ccccc3o2)cc1. The zero-order chi connectivity index (χ0) is 13.5. The van der Waals surface area contributed by atoms with E-state index in [1.807, 2.05) is 55.5 Å². The maximum Gasteiger partial charge on any atom is 0.231 e. The summed E-state index contributed by atoms with van der Waals surface area (Å²) in [5, 5.41) is 10.7. The number of rotatable bonds is 2. The zero-order valence-electron chi connectivity index (χ0n) is 10.9. The summed E-state index contributed by atoms with van der Waals surface area (Å²) < 4.78 is 5.66. The number of nitrogens with zero attached hydrogens (tertiary/aromatic N) is 1. The Morgan fingerprint density at radius 2 is 1.74 bits per heavy atom. The Kier molecular flexibility index (Phi) is 2.64. The number of benzene rings is 2. The lowest BCUT2D eigenvalue weighted by atomic mass is 9.95. The van der Waals surface area contributed by atoms with Crippen LogP contribution >= 0.6 is 0 Å². The van der Waals surface area contributed by atoms with Gasteiger partial charge in [-0.15, -0.1) is 0 Å². The summed E-state index contributed by atoms with van der Waals surface area (Å²) in [4.78, 5) is 4.37. The van der Waals surface area contributed by atoms with E-state index in [4.69, 9.17) is 4.42 Å². The average molecular weight is 253 g/mol. The first kappa shape index (κ1) is 11.9. The fraction of sp³-hybridized carbons (Fsp3) is 0.188. The second-order valence-electron chi connectivity index (χ2n) is 4.92. The Morgan fingerprint density at radius 3 is 2.42 bits per heavy atom. The van der Waals surface area contributed by atoms with Crippen LogP contribution in [-0.4, -0.2) is 10.1 Å². The standard InChI is InChI=1S/C16H15NO2/c1-11-7-9-12(10-8-11)16(2,18)15-17-13-5-3-4-6-14(13)19-15/h3-10,18H,1-2H3/t16-/m1/s1. The lowest BCUT2D eigenvalue weighted by Gasteiger charge is -2.19. The first-order valence-corrected chi connectivity index (χ1v) is 6.23. The highest BCUT2D eigenvalue weighted by atomic mass is 16.4. The normalized spacial score (nSPS) is 14.5. The highest BCUT2D eigenvalue weighted by Gasteiger charge is 2.31. The van der Waals surface area contributed by atoms with Crippen molar-refractivity contribution in [2.45, 2.75) is 19.4 Å². The molecule has 96 valence electrons. The van der Waals surface area contributed by atoms with Crippen molar-refractivity contribution in [2.75, 3.05) is 0 Å². The first-order valence-electron chi connectivity index (χ1n) is 6.23. The van der Waals surface area contributed by atoms with Crippen molar-refractivity contribution in [1.82, 2.24) is 4.98 Å². The van der Waals surface area contributed by atoms with E-state index in [0.29, 0.717) is 11.5 Å². The van der Waals surface area contributed by atoms with Gasteiger partial charge in [-0.2, -0.15) is 0 Å². The van der Waals surface area contributed by atoms with E-state index in [0.717, 1.165) is 16.6 Å². The monoisotopic (exact) mass is 253 g/mol. The molecular weight excluding hydrogens is 238 g/mol. The molecule has 3 heteroatoms. The van der Waals surface area contributed by atoms with Gasteiger partial charge in [-0.25, -0.2) is 4.98 Å². The van der Waals surface area contributed by atoms with Crippen LogP contribution in [-0.2, 0) is 5.60 Å². The maximum absolute atomic E-state index is 10.7. The largest absolute Gasteiger partial charge is 0.437 e. The van der Waals surface area contributed by atoms with Crippen molar-refractivity contribution in [3.8, 4) is 0 Å². The summed E-state index contributed by atoms with van der Waals surface area (Å²) in [6.45, 7) is 3.71. The molecular formula is C16H15NO2. The summed E-state index contributed by atoms with van der Waals surface area (Å²) in [7, 11) is 0. The van der Waals surface area contributed by atoms with Gasteiger partial charge in [0.05, 0.1) is 0 Å². The topological polar surface area (TPSA) is 46.3 Å². The van der Waals surface area contributed by atoms with Gasteiger partial charge in [0.25, 0.3) is 0 Å². The molecule has 19 heavy (non-hydrogen) atoms. The number of aryl methyl sites for hydroxylation is 1. The summed E-state index contributed by atoms with van der Waals surface area (Å²) in [5.41, 5.74) is 2.13. The van der Waals surface area contributed by atoms with Crippen LogP contribution in [0.5, 0.6) is 0 Å². The van der Waals surface area contributed by atoms with Crippen LogP contribution < -0.4 is 0 Å². The molecule has 0 aliphatic heterocycles. The minimum absolute atomic E-state index is 0.317. The second-order valence-corrected chi connectivity index (χ2v) is 4.92. The van der Waals surface area contributed by atoms with Gasteiger partial charge in [0.2, 0.25) is 5.89 Å². The third-order valence-corrected chi connectivity index (χ3v) is 3.32. The summed E-state index contributed by atoms with van der Waals surface area (Å²) in [5.74, 6) is 0.317. The molecule has 3 rings (SSSR count). The molecule has 1 heterocycles. The quantitative estimate of drug-likeness (QED) is 0.761. The number of aromatic nitrogens is 1. The summed E-state index contributed by atoms with van der Waals surface area (Å²) in [6.07, 6.45) is 0. The highest BCUT2D eigenvalue weighted by molar-refractivity contribution is 5.72. The molecule has 3 nitrogen and oxygen atoms in total. The molecule has 0 aliphatic carbocycles.